The molecule has 0 bridgehead atoms. The second kappa shape index (κ2) is 10.4. The first-order valence-electron chi connectivity index (χ1n) is 10.6. The summed E-state index contributed by atoms with van der Waals surface area (Å²) in [6, 6.07) is 10.5. The molecule has 2 aromatic rings. The quantitative estimate of drug-likeness (QED) is 0.366. The summed E-state index contributed by atoms with van der Waals surface area (Å²) in [5, 5.41) is 3.47. The van der Waals surface area contributed by atoms with Crippen molar-refractivity contribution < 1.29 is 19.4 Å². The van der Waals surface area contributed by atoms with E-state index < -0.39 is 0 Å². The number of nitrogens with zero attached hydrogens (tertiary/aromatic N) is 1. The Hall–Kier alpha value is -2.54. The summed E-state index contributed by atoms with van der Waals surface area (Å²) in [5.74, 6) is 0.647. The van der Waals surface area contributed by atoms with Gasteiger partial charge in [0.1, 0.15) is 0 Å². The van der Waals surface area contributed by atoms with Gasteiger partial charge in [-0.15, -0.1) is 0 Å². The molecule has 167 valence electrons. The third kappa shape index (κ3) is 5.26. The maximum Gasteiger partial charge on any atom is 0.244 e. The Morgan fingerprint density at radius 2 is 2.16 bits per heavy atom. The van der Waals surface area contributed by atoms with E-state index >= 15 is 0 Å². The average molecular weight is 474 g/mol. The number of benzene rings is 2. The second-order valence-corrected chi connectivity index (χ2v) is 8.44. The van der Waals surface area contributed by atoms with Crippen LogP contribution in [0.15, 0.2) is 30.3 Å². The molecule has 32 heavy (non-hydrogen) atoms. The summed E-state index contributed by atoms with van der Waals surface area (Å²) in [5.41, 5.74) is 3.40. The molecule has 2 aliphatic rings. The molecule has 6 nitrogen and oxygen atoms in total. The van der Waals surface area contributed by atoms with Crippen molar-refractivity contribution in [3.8, 4) is 16.9 Å². The first-order chi connectivity index (χ1) is 15.5. The predicted molar refractivity (Wildman–Crippen MR) is 123 cm³/mol. The van der Waals surface area contributed by atoms with Crippen molar-refractivity contribution in [2.24, 2.45) is 0 Å². The van der Waals surface area contributed by atoms with Crippen LogP contribution in [-0.2, 0) is 20.9 Å². The zero-order valence-corrected chi connectivity index (χ0v) is 19.0. The average Bonchev–Trinajstić information content (AvgIpc) is 3.22. The fraction of sp³-hybridized carbons (Fsp3) is 0.333. The smallest absolute Gasteiger partial charge is 0.244 e. The van der Waals surface area contributed by atoms with Gasteiger partial charge in [-0.25, -0.2) is 0 Å². The highest BCUT2D eigenvalue weighted by atomic mass is 35.5. The lowest BCUT2D eigenvalue weighted by Gasteiger charge is -2.17. The minimum Gasteiger partial charge on any atom is -0.352 e. The number of rotatable bonds is 7. The molecule has 0 atom stereocenters. The van der Waals surface area contributed by atoms with E-state index in [2.05, 4.69) is 11.4 Å². The number of hydrogen-bond donors (Lipinski definition) is 1. The van der Waals surface area contributed by atoms with Gasteiger partial charge < -0.3 is 15.1 Å². The van der Waals surface area contributed by atoms with Crippen LogP contribution in [0.2, 0.25) is 10.0 Å². The van der Waals surface area contributed by atoms with Crippen LogP contribution in [0.25, 0.3) is 17.2 Å². The summed E-state index contributed by atoms with van der Waals surface area (Å²) in [4.78, 5) is 36.0. The molecule has 2 aromatic carbocycles. The number of likely N-dealkylation sites (tertiary alicyclic amines) is 1. The minimum atomic E-state index is -0.236. The molecule has 1 radical (unpaired) electrons. The van der Waals surface area contributed by atoms with Crippen LogP contribution in [0.5, 0.6) is 5.75 Å². The molecule has 1 N–H and O–H groups in total. The number of hydrogen-bond acceptors (Lipinski definition) is 4. The number of nitrogens with one attached hydrogen (secondary N) is 1. The molecule has 2 amide bonds. The van der Waals surface area contributed by atoms with Crippen LogP contribution in [-0.4, -0.2) is 43.0 Å². The summed E-state index contributed by atoms with van der Waals surface area (Å²) in [6.07, 6.45) is 6.10. The van der Waals surface area contributed by atoms with E-state index in [1.165, 1.54) is 6.08 Å². The monoisotopic (exact) mass is 473 g/mol. The van der Waals surface area contributed by atoms with Crippen molar-refractivity contribution in [3.63, 3.8) is 0 Å². The molecular weight excluding hydrogens is 451 g/mol. The molecule has 0 spiro atoms. The van der Waals surface area contributed by atoms with E-state index in [0.717, 1.165) is 36.1 Å². The molecule has 1 fully saturated rings. The molecule has 2 heterocycles. The van der Waals surface area contributed by atoms with E-state index in [1.54, 1.807) is 12.1 Å². The first kappa shape index (κ1) is 22.6. The molecule has 0 unspecified atom stereocenters. The van der Waals surface area contributed by atoms with Crippen molar-refractivity contribution in [2.75, 3.05) is 26.2 Å². The van der Waals surface area contributed by atoms with E-state index in [1.807, 2.05) is 23.1 Å². The predicted octanol–water partition coefficient (Wildman–Crippen LogP) is 4.47. The molecule has 1 saturated heterocycles. The van der Waals surface area contributed by atoms with Crippen LogP contribution < -0.4 is 10.2 Å². The lowest BCUT2D eigenvalue weighted by Crippen LogP contribution is -2.29. The van der Waals surface area contributed by atoms with Crippen molar-refractivity contribution >= 4 is 41.1 Å². The minimum absolute atomic E-state index is 0.192. The molecular formula is C24H23Cl2N2O4. The highest BCUT2D eigenvalue weighted by Crippen LogP contribution is 2.37. The van der Waals surface area contributed by atoms with Crippen molar-refractivity contribution in [3.05, 3.63) is 57.6 Å². The number of carbonyl (C=O) groups excluding carboxylic acids is 2. The Morgan fingerprint density at radius 3 is 2.97 bits per heavy atom. The van der Waals surface area contributed by atoms with Crippen LogP contribution in [0.3, 0.4) is 0 Å². The van der Waals surface area contributed by atoms with Gasteiger partial charge in [0.05, 0.1) is 16.7 Å². The Bertz CT molecular complexity index is 1050. The van der Waals surface area contributed by atoms with Crippen LogP contribution in [0.4, 0.5) is 0 Å². The van der Waals surface area contributed by atoms with Crippen molar-refractivity contribution in [1.29, 1.82) is 0 Å². The van der Waals surface area contributed by atoms with Crippen LogP contribution in [0, 0.1) is 6.07 Å². The maximum absolute atomic E-state index is 12.3. The number of fused-ring (bicyclic) bond motifs is 1. The molecule has 2 aliphatic heterocycles. The van der Waals surface area contributed by atoms with E-state index in [9.17, 15) is 9.59 Å². The zero-order valence-electron chi connectivity index (χ0n) is 17.5. The van der Waals surface area contributed by atoms with Crippen LogP contribution in [0.1, 0.15) is 30.4 Å². The normalized spacial score (nSPS) is 15.7. The van der Waals surface area contributed by atoms with Gasteiger partial charge in [-0.3, -0.25) is 9.59 Å². The summed E-state index contributed by atoms with van der Waals surface area (Å²) in [7, 11) is 0. The fourth-order valence-corrected chi connectivity index (χ4v) is 4.21. The van der Waals surface area contributed by atoms with Crippen LogP contribution >= 0.6 is 23.2 Å². The van der Waals surface area contributed by atoms with Gasteiger partial charge in [-0.1, -0.05) is 29.3 Å². The lowest BCUT2D eigenvalue weighted by atomic mass is 9.96. The Morgan fingerprint density at radius 1 is 1.28 bits per heavy atom. The first-order valence-corrected chi connectivity index (χ1v) is 11.3. The van der Waals surface area contributed by atoms with Crippen molar-refractivity contribution in [1.82, 2.24) is 10.2 Å². The Kier molecular flexibility index (Phi) is 7.35. The molecule has 0 aromatic heterocycles. The summed E-state index contributed by atoms with van der Waals surface area (Å²) < 4.78 is 0. The number of carbonyl (C=O) groups is 2. The Labute approximate surface area is 197 Å². The van der Waals surface area contributed by atoms with Gasteiger partial charge in [0.2, 0.25) is 11.8 Å². The summed E-state index contributed by atoms with van der Waals surface area (Å²) in [6.45, 7) is 2.45. The molecule has 0 aliphatic carbocycles. The standard InChI is InChI=1S/C24H23Cl2N2O4/c25-20-7-5-18(16-4-8-21-17(15-16)10-14-31-32-21)19(24(20)26)6-9-22(29)27-11-2-13-28-12-1-3-23(28)30/h4-6,8-9,15H,1-3,10-14H2,(H,27,29)/b9-6+. The van der Waals surface area contributed by atoms with Gasteiger partial charge in [0, 0.05) is 55.7 Å². The third-order valence-corrected chi connectivity index (χ3v) is 6.30. The topological polar surface area (TPSA) is 67.9 Å². The number of amides is 2. The fourth-order valence-electron chi connectivity index (χ4n) is 3.84. The van der Waals surface area contributed by atoms with Gasteiger partial charge in [-0.05, 0) is 48.2 Å². The van der Waals surface area contributed by atoms with Gasteiger partial charge in [-0.2, -0.15) is 4.89 Å². The van der Waals surface area contributed by atoms with Gasteiger partial charge in [0.15, 0.2) is 5.75 Å². The molecule has 0 saturated carbocycles. The highest BCUT2D eigenvalue weighted by molar-refractivity contribution is 6.43. The molecule has 4 rings (SSSR count). The highest BCUT2D eigenvalue weighted by Gasteiger charge is 2.19. The van der Waals surface area contributed by atoms with Gasteiger partial charge in [0.25, 0.3) is 0 Å². The second-order valence-electron chi connectivity index (χ2n) is 7.68. The van der Waals surface area contributed by atoms with E-state index in [0.29, 0.717) is 53.9 Å². The van der Waals surface area contributed by atoms with E-state index in [4.69, 9.17) is 33.0 Å². The zero-order chi connectivity index (χ0) is 22.5. The van der Waals surface area contributed by atoms with Gasteiger partial charge >= 0.3 is 0 Å². The molecule has 8 heteroatoms. The lowest BCUT2D eigenvalue weighted by molar-refractivity contribution is -0.215. The van der Waals surface area contributed by atoms with Crippen molar-refractivity contribution in [2.45, 2.75) is 25.7 Å². The van der Waals surface area contributed by atoms with E-state index in [-0.39, 0.29) is 11.8 Å². The Balaban J connectivity index is 1.44. The maximum atomic E-state index is 12.3. The number of halogens is 2. The largest absolute Gasteiger partial charge is 0.352 e. The SMILES string of the molecule is O=C(/C=C/c1c(-c2ccc3c(c2)CCOO3)c[c]c(Cl)c1Cl)NCCCN1CCCC1=O. The summed E-state index contributed by atoms with van der Waals surface area (Å²) >= 11 is 12.6. The third-order valence-electron chi connectivity index (χ3n) is 5.51.